The zero-order valence-corrected chi connectivity index (χ0v) is 12.2. The van der Waals surface area contributed by atoms with Crippen LogP contribution in [0, 0.1) is 5.92 Å². The molecule has 1 spiro atoms. The van der Waals surface area contributed by atoms with E-state index in [9.17, 15) is 9.90 Å². The average Bonchev–Trinajstić information content (AvgIpc) is 2.91. The van der Waals surface area contributed by atoms with Crippen molar-refractivity contribution in [2.45, 2.75) is 49.7 Å². The number of amides is 1. The summed E-state index contributed by atoms with van der Waals surface area (Å²) in [6.45, 7) is 2.49. The standard InChI is InChI=1S/C14H25N3O4/c15-10-8-11(16)12(18)7-9(10)13(19)17-3-1-14(2-4-17)20-5-6-21-14/h9-12,18H,1-8,15-16H2. The van der Waals surface area contributed by atoms with Crippen molar-refractivity contribution in [2.75, 3.05) is 26.3 Å². The van der Waals surface area contributed by atoms with Crippen LogP contribution in [-0.4, -0.2) is 66.2 Å². The van der Waals surface area contributed by atoms with E-state index >= 15 is 0 Å². The SMILES string of the molecule is NC1CC(N)C(C(=O)N2CCC3(CC2)OCCO3)CC1O. The molecule has 3 aliphatic rings. The van der Waals surface area contributed by atoms with Crippen molar-refractivity contribution in [1.82, 2.24) is 4.90 Å². The molecule has 0 bridgehead atoms. The maximum Gasteiger partial charge on any atom is 0.227 e. The Morgan fingerprint density at radius 3 is 2.33 bits per heavy atom. The van der Waals surface area contributed by atoms with E-state index < -0.39 is 11.9 Å². The highest BCUT2D eigenvalue weighted by Gasteiger charge is 2.44. The highest BCUT2D eigenvalue weighted by atomic mass is 16.7. The number of carbonyl (C=O) groups is 1. The fourth-order valence-corrected chi connectivity index (χ4v) is 3.62. The minimum absolute atomic E-state index is 0.0290. The molecule has 4 atom stereocenters. The number of hydrogen-bond acceptors (Lipinski definition) is 6. The van der Waals surface area contributed by atoms with Crippen molar-refractivity contribution in [3.05, 3.63) is 0 Å². The summed E-state index contributed by atoms with van der Waals surface area (Å²) in [5.41, 5.74) is 11.9. The van der Waals surface area contributed by atoms with Crippen molar-refractivity contribution in [3.8, 4) is 0 Å². The Bertz CT molecular complexity index is 390. The van der Waals surface area contributed by atoms with Crippen molar-refractivity contribution in [1.29, 1.82) is 0 Å². The summed E-state index contributed by atoms with van der Waals surface area (Å²) in [7, 11) is 0. The third kappa shape index (κ3) is 2.93. The molecule has 3 rings (SSSR count). The number of piperidine rings is 1. The van der Waals surface area contributed by atoms with Gasteiger partial charge in [0, 0.05) is 38.0 Å². The van der Waals surface area contributed by atoms with Crippen LogP contribution >= 0.6 is 0 Å². The minimum Gasteiger partial charge on any atom is -0.391 e. The van der Waals surface area contributed by atoms with Crippen molar-refractivity contribution < 1.29 is 19.4 Å². The van der Waals surface area contributed by atoms with E-state index in [1.165, 1.54) is 0 Å². The molecule has 0 aromatic carbocycles. The Morgan fingerprint density at radius 2 is 1.71 bits per heavy atom. The molecule has 2 heterocycles. The summed E-state index contributed by atoms with van der Waals surface area (Å²) in [5.74, 6) is -0.784. The normalized spacial score (nSPS) is 39.7. The Morgan fingerprint density at radius 1 is 1.10 bits per heavy atom. The van der Waals surface area contributed by atoms with Gasteiger partial charge in [-0.05, 0) is 12.8 Å². The first-order valence-electron chi connectivity index (χ1n) is 7.77. The molecule has 7 nitrogen and oxygen atoms in total. The lowest BCUT2D eigenvalue weighted by Crippen LogP contribution is -2.56. The molecular weight excluding hydrogens is 274 g/mol. The van der Waals surface area contributed by atoms with Gasteiger partial charge >= 0.3 is 0 Å². The molecule has 2 saturated heterocycles. The summed E-state index contributed by atoms with van der Waals surface area (Å²) in [4.78, 5) is 14.5. The number of likely N-dealkylation sites (tertiary alicyclic amines) is 1. The summed E-state index contributed by atoms with van der Waals surface area (Å²) in [6, 6.07) is -0.597. The summed E-state index contributed by atoms with van der Waals surface area (Å²) in [6.07, 6.45) is 1.60. The van der Waals surface area contributed by atoms with Gasteiger partial charge in [0.2, 0.25) is 5.91 Å². The molecule has 0 aromatic rings. The van der Waals surface area contributed by atoms with E-state index in [0.717, 1.165) is 0 Å². The molecule has 1 amide bonds. The van der Waals surface area contributed by atoms with Gasteiger partial charge in [-0.15, -0.1) is 0 Å². The molecule has 120 valence electrons. The van der Waals surface area contributed by atoms with E-state index in [1.807, 2.05) is 4.90 Å². The number of hydrogen-bond donors (Lipinski definition) is 3. The lowest BCUT2D eigenvalue weighted by Gasteiger charge is -2.41. The van der Waals surface area contributed by atoms with Crippen LogP contribution in [-0.2, 0) is 14.3 Å². The Hall–Kier alpha value is -0.730. The first-order chi connectivity index (χ1) is 10.0. The predicted molar refractivity (Wildman–Crippen MR) is 75.1 cm³/mol. The van der Waals surface area contributed by atoms with Gasteiger partial charge in [0.05, 0.1) is 25.2 Å². The number of aliphatic hydroxyl groups is 1. The quantitative estimate of drug-likeness (QED) is 0.559. The monoisotopic (exact) mass is 299 g/mol. The molecule has 1 saturated carbocycles. The molecule has 3 fully saturated rings. The molecule has 0 radical (unpaired) electrons. The smallest absolute Gasteiger partial charge is 0.227 e. The van der Waals surface area contributed by atoms with Crippen molar-refractivity contribution >= 4 is 5.91 Å². The summed E-state index contributed by atoms with van der Waals surface area (Å²) in [5, 5.41) is 9.89. The Balaban J connectivity index is 1.58. The number of aliphatic hydroxyl groups excluding tert-OH is 1. The van der Waals surface area contributed by atoms with E-state index in [4.69, 9.17) is 20.9 Å². The lowest BCUT2D eigenvalue weighted by molar-refractivity contribution is -0.189. The van der Waals surface area contributed by atoms with Gasteiger partial charge < -0.3 is 30.9 Å². The van der Waals surface area contributed by atoms with Crippen LogP contribution in [0.2, 0.25) is 0 Å². The van der Waals surface area contributed by atoms with E-state index in [0.29, 0.717) is 52.0 Å². The molecule has 5 N–H and O–H groups in total. The number of ether oxygens (including phenoxy) is 2. The first-order valence-corrected chi connectivity index (χ1v) is 7.77. The van der Waals surface area contributed by atoms with Gasteiger partial charge in [0.25, 0.3) is 0 Å². The number of nitrogens with zero attached hydrogens (tertiary/aromatic N) is 1. The van der Waals surface area contributed by atoms with Gasteiger partial charge in [0.1, 0.15) is 0 Å². The van der Waals surface area contributed by atoms with Crippen LogP contribution in [0.15, 0.2) is 0 Å². The molecule has 4 unspecified atom stereocenters. The predicted octanol–water partition coefficient (Wildman–Crippen LogP) is -1.22. The number of nitrogens with two attached hydrogens (primary N) is 2. The van der Waals surface area contributed by atoms with Crippen LogP contribution in [0.25, 0.3) is 0 Å². The second-order valence-corrected chi connectivity index (χ2v) is 6.41. The third-order valence-electron chi connectivity index (χ3n) is 5.02. The van der Waals surface area contributed by atoms with Crippen molar-refractivity contribution in [2.24, 2.45) is 17.4 Å². The first kappa shape index (κ1) is 15.2. The second-order valence-electron chi connectivity index (χ2n) is 6.41. The molecule has 7 heteroatoms. The molecular formula is C14H25N3O4. The van der Waals surface area contributed by atoms with E-state index in [2.05, 4.69) is 0 Å². The van der Waals surface area contributed by atoms with Gasteiger partial charge in [0.15, 0.2) is 5.79 Å². The zero-order valence-electron chi connectivity index (χ0n) is 12.2. The van der Waals surface area contributed by atoms with E-state index in [1.54, 1.807) is 0 Å². The highest BCUT2D eigenvalue weighted by Crippen LogP contribution is 2.33. The van der Waals surface area contributed by atoms with Crippen LogP contribution in [0.5, 0.6) is 0 Å². The largest absolute Gasteiger partial charge is 0.391 e. The maximum absolute atomic E-state index is 12.6. The molecule has 21 heavy (non-hydrogen) atoms. The van der Waals surface area contributed by atoms with Crippen LogP contribution in [0.3, 0.4) is 0 Å². The van der Waals surface area contributed by atoms with E-state index in [-0.39, 0.29) is 23.9 Å². The van der Waals surface area contributed by atoms with Gasteiger partial charge in [-0.2, -0.15) is 0 Å². The molecule has 0 aromatic heterocycles. The van der Waals surface area contributed by atoms with Gasteiger partial charge in [-0.25, -0.2) is 0 Å². The zero-order chi connectivity index (χ0) is 15.0. The number of carbonyl (C=O) groups excluding carboxylic acids is 1. The minimum atomic E-state index is -0.642. The maximum atomic E-state index is 12.6. The van der Waals surface area contributed by atoms with Crippen LogP contribution < -0.4 is 11.5 Å². The second kappa shape index (κ2) is 5.81. The molecule has 1 aliphatic carbocycles. The Kier molecular flexibility index (Phi) is 4.20. The Labute approximate surface area is 124 Å². The average molecular weight is 299 g/mol. The topological polar surface area (TPSA) is 111 Å². The number of rotatable bonds is 1. The summed E-state index contributed by atoms with van der Waals surface area (Å²) >= 11 is 0. The molecule has 2 aliphatic heterocycles. The van der Waals surface area contributed by atoms with Crippen LogP contribution in [0.4, 0.5) is 0 Å². The fraction of sp³-hybridized carbons (Fsp3) is 0.929. The van der Waals surface area contributed by atoms with Gasteiger partial charge in [-0.3, -0.25) is 4.79 Å². The van der Waals surface area contributed by atoms with Crippen molar-refractivity contribution in [3.63, 3.8) is 0 Å². The highest BCUT2D eigenvalue weighted by molar-refractivity contribution is 5.80. The third-order valence-corrected chi connectivity index (χ3v) is 5.02. The summed E-state index contributed by atoms with van der Waals surface area (Å²) < 4.78 is 11.3. The van der Waals surface area contributed by atoms with Gasteiger partial charge in [-0.1, -0.05) is 0 Å². The lowest BCUT2D eigenvalue weighted by atomic mass is 9.79. The fourth-order valence-electron chi connectivity index (χ4n) is 3.62. The van der Waals surface area contributed by atoms with Crippen LogP contribution in [0.1, 0.15) is 25.7 Å².